The highest BCUT2D eigenvalue weighted by Gasteiger charge is 2.43. The van der Waals surface area contributed by atoms with Gasteiger partial charge in [-0.15, -0.1) is 0 Å². The molecular formula is C24H30N2O6. The molecule has 1 atom stereocenters. The molecule has 8 heteroatoms. The van der Waals surface area contributed by atoms with Crippen LogP contribution in [0.1, 0.15) is 71.3 Å². The zero-order valence-electron chi connectivity index (χ0n) is 19.0. The quantitative estimate of drug-likeness (QED) is 0.273. The second-order valence-electron chi connectivity index (χ2n) is 9.28. The molecule has 172 valence electrons. The standard InChI is InChI=1S/C24H30N2O6/c1-5-6-7-10-32-23(29)20-14(2)25-16-12-24(3,4)13-19(28)22(16)21(20)15-8-9-18(27)17(11-15)26(30)31/h8-9,11,21,25,27H,5-7,10,12-13H2,1-4H3/t21-/m0/s1. The van der Waals surface area contributed by atoms with Gasteiger partial charge in [0.05, 0.1) is 17.1 Å². The summed E-state index contributed by atoms with van der Waals surface area (Å²) in [7, 11) is 0. The van der Waals surface area contributed by atoms with Crippen LogP contribution in [0, 0.1) is 15.5 Å². The van der Waals surface area contributed by atoms with E-state index < -0.39 is 28.2 Å². The van der Waals surface area contributed by atoms with Gasteiger partial charge in [-0.3, -0.25) is 14.9 Å². The number of benzene rings is 1. The summed E-state index contributed by atoms with van der Waals surface area (Å²) < 4.78 is 5.51. The Bertz CT molecular complexity index is 1020. The van der Waals surface area contributed by atoms with Crippen LogP contribution < -0.4 is 5.32 Å². The van der Waals surface area contributed by atoms with Crippen molar-refractivity contribution in [1.82, 2.24) is 5.32 Å². The first-order valence-electron chi connectivity index (χ1n) is 10.9. The number of rotatable bonds is 7. The number of ketones is 1. The van der Waals surface area contributed by atoms with Crippen LogP contribution in [-0.2, 0) is 14.3 Å². The van der Waals surface area contributed by atoms with Crippen molar-refractivity contribution in [1.29, 1.82) is 0 Å². The highest BCUT2D eigenvalue weighted by Crippen LogP contribution is 2.47. The number of nitro benzene ring substituents is 1. The summed E-state index contributed by atoms with van der Waals surface area (Å²) in [4.78, 5) is 37.1. The highest BCUT2D eigenvalue weighted by atomic mass is 16.6. The molecule has 2 aliphatic rings. The fourth-order valence-corrected chi connectivity index (χ4v) is 4.50. The molecule has 0 aromatic heterocycles. The van der Waals surface area contributed by atoms with E-state index in [-0.39, 0.29) is 23.4 Å². The number of unbranched alkanes of at least 4 members (excludes halogenated alkanes) is 2. The summed E-state index contributed by atoms with van der Waals surface area (Å²) in [5.74, 6) is -1.92. The largest absolute Gasteiger partial charge is 0.502 e. The van der Waals surface area contributed by atoms with Crippen molar-refractivity contribution < 1.29 is 24.4 Å². The summed E-state index contributed by atoms with van der Waals surface area (Å²) >= 11 is 0. The molecule has 0 saturated carbocycles. The maximum absolute atomic E-state index is 13.2. The first kappa shape index (κ1) is 23.5. The molecule has 0 radical (unpaired) electrons. The number of phenols is 1. The molecule has 1 aromatic rings. The topological polar surface area (TPSA) is 119 Å². The molecule has 0 spiro atoms. The van der Waals surface area contributed by atoms with Gasteiger partial charge in [-0.05, 0) is 36.8 Å². The van der Waals surface area contributed by atoms with Crippen molar-refractivity contribution in [3.05, 3.63) is 56.4 Å². The molecule has 3 rings (SSSR count). The number of hydrogen-bond acceptors (Lipinski definition) is 7. The Balaban J connectivity index is 2.11. The maximum Gasteiger partial charge on any atom is 0.336 e. The van der Waals surface area contributed by atoms with Crippen LogP contribution in [-0.4, -0.2) is 28.4 Å². The van der Waals surface area contributed by atoms with Crippen LogP contribution in [0.4, 0.5) is 5.69 Å². The summed E-state index contributed by atoms with van der Waals surface area (Å²) in [6, 6.07) is 3.99. The van der Waals surface area contributed by atoms with Crippen molar-refractivity contribution in [3.63, 3.8) is 0 Å². The Morgan fingerprint density at radius 1 is 1.31 bits per heavy atom. The number of aromatic hydroxyl groups is 1. The molecular weight excluding hydrogens is 412 g/mol. The van der Waals surface area contributed by atoms with Crippen LogP contribution in [0.3, 0.4) is 0 Å². The summed E-state index contributed by atoms with van der Waals surface area (Å²) in [5, 5.41) is 24.6. The fourth-order valence-electron chi connectivity index (χ4n) is 4.50. The number of carbonyl (C=O) groups excluding carboxylic acids is 2. The Morgan fingerprint density at radius 3 is 2.69 bits per heavy atom. The summed E-state index contributed by atoms with van der Waals surface area (Å²) in [6.45, 7) is 8.08. The number of allylic oxidation sites excluding steroid dienone is 3. The van der Waals surface area contributed by atoms with Crippen molar-refractivity contribution in [2.75, 3.05) is 6.61 Å². The Morgan fingerprint density at radius 2 is 2.03 bits per heavy atom. The highest BCUT2D eigenvalue weighted by molar-refractivity contribution is 6.04. The predicted octanol–water partition coefficient (Wildman–Crippen LogP) is 4.64. The summed E-state index contributed by atoms with van der Waals surface area (Å²) in [6.07, 6.45) is 3.57. The van der Waals surface area contributed by atoms with Crippen LogP contribution in [0.25, 0.3) is 0 Å². The Hall–Kier alpha value is -3.16. The van der Waals surface area contributed by atoms with E-state index in [1.807, 2.05) is 13.8 Å². The average Bonchev–Trinajstić information content (AvgIpc) is 2.69. The minimum Gasteiger partial charge on any atom is -0.502 e. The average molecular weight is 443 g/mol. The third-order valence-electron chi connectivity index (χ3n) is 5.97. The molecule has 0 bridgehead atoms. The molecule has 1 aliphatic heterocycles. The van der Waals surface area contributed by atoms with Gasteiger partial charge in [-0.1, -0.05) is 39.7 Å². The van der Waals surface area contributed by atoms with Gasteiger partial charge < -0.3 is 15.2 Å². The molecule has 1 heterocycles. The molecule has 0 unspecified atom stereocenters. The van der Waals surface area contributed by atoms with Crippen molar-refractivity contribution in [2.45, 2.75) is 65.7 Å². The van der Waals surface area contributed by atoms with E-state index >= 15 is 0 Å². The maximum atomic E-state index is 13.2. The molecule has 0 fully saturated rings. The minimum absolute atomic E-state index is 0.103. The van der Waals surface area contributed by atoms with Crippen molar-refractivity contribution in [3.8, 4) is 5.75 Å². The number of esters is 1. The van der Waals surface area contributed by atoms with Crippen LogP contribution >= 0.6 is 0 Å². The van der Waals surface area contributed by atoms with Gasteiger partial charge in [0.25, 0.3) is 0 Å². The lowest BCUT2D eigenvalue weighted by atomic mass is 9.68. The SMILES string of the molecule is CCCCCOC(=O)C1=C(C)NC2=C(C(=O)CC(C)(C)C2)[C@H]1c1ccc(O)c([N+](=O)[O-])c1. The van der Waals surface area contributed by atoms with Gasteiger partial charge in [0, 0.05) is 35.4 Å². The smallest absolute Gasteiger partial charge is 0.336 e. The van der Waals surface area contributed by atoms with Gasteiger partial charge in [0.15, 0.2) is 11.5 Å². The first-order chi connectivity index (χ1) is 15.1. The molecule has 1 aliphatic carbocycles. The monoisotopic (exact) mass is 442 g/mol. The minimum atomic E-state index is -0.798. The number of nitro groups is 1. The molecule has 32 heavy (non-hydrogen) atoms. The van der Waals surface area contributed by atoms with Gasteiger partial charge in [0.1, 0.15) is 0 Å². The number of phenolic OH excluding ortho intramolecular Hbond substituents is 1. The second kappa shape index (κ2) is 9.14. The number of nitrogens with zero attached hydrogens (tertiary/aromatic N) is 1. The molecule has 0 amide bonds. The molecule has 8 nitrogen and oxygen atoms in total. The number of hydrogen-bond donors (Lipinski definition) is 2. The van der Waals surface area contributed by atoms with Gasteiger partial charge in [-0.2, -0.15) is 0 Å². The number of dihydropyridines is 1. The Labute approximate surface area is 187 Å². The van der Waals surface area contributed by atoms with Gasteiger partial charge in [0.2, 0.25) is 0 Å². The normalized spacial score (nSPS) is 20.0. The van der Waals surface area contributed by atoms with E-state index in [1.165, 1.54) is 18.2 Å². The second-order valence-corrected chi connectivity index (χ2v) is 9.28. The van der Waals surface area contributed by atoms with E-state index in [0.717, 1.165) is 25.0 Å². The lowest BCUT2D eigenvalue weighted by molar-refractivity contribution is -0.385. The molecule has 1 aromatic carbocycles. The van der Waals surface area contributed by atoms with Gasteiger partial charge in [-0.25, -0.2) is 4.79 Å². The Kier molecular flexibility index (Phi) is 6.71. The third-order valence-corrected chi connectivity index (χ3v) is 5.97. The number of ether oxygens (including phenoxy) is 1. The lowest BCUT2D eigenvalue weighted by Gasteiger charge is -2.39. The van der Waals surface area contributed by atoms with Gasteiger partial charge >= 0.3 is 11.7 Å². The number of carbonyl (C=O) groups is 2. The van der Waals surface area contributed by atoms with E-state index in [2.05, 4.69) is 12.2 Å². The third kappa shape index (κ3) is 4.69. The van der Waals surface area contributed by atoms with Crippen LogP contribution in [0.5, 0.6) is 5.75 Å². The van der Waals surface area contributed by atoms with E-state index in [0.29, 0.717) is 29.7 Å². The zero-order chi connectivity index (χ0) is 23.6. The first-order valence-corrected chi connectivity index (χ1v) is 10.9. The number of nitrogens with one attached hydrogen (secondary N) is 1. The van der Waals surface area contributed by atoms with Crippen LogP contribution in [0.15, 0.2) is 40.7 Å². The van der Waals surface area contributed by atoms with E-state index in [1.54, 1.807) is 6.92 Å². The predicted molar refractivity (Wildman–Crippen MR) is 119 cm³/mol. The van der Waals surface area contributed by atoms with Crippen molar-refractivity contribution >= 4 is 17.4 Å². The molecule has 2 N–H and O–H groups in total. The fraction of sp³-hybridized carbons (Fsp3) is 0.500. The number of Topliss-reactive ketones (excluding diaryl/α,β-unsaturated/α-hetero) is 1. The summed E-state index contributed by atoms with van der Waals surface area (Å²) in [5.41, 5.74) is 1.69. The van der Waals surface area contributed by atoms with Crippen molar-refractivity contribution in [2.24, 2.45) is 5.41 Å². The van der Waals surface area contributed by atoms with E-state index in [4.69, 9.17) is 4.74 Å². The molecule has 0 saturated heterocycles. The lowest BCUT2D eigenvalue weighted by Crippen LogP contribution is -2.38. The van der Waals surface area contributed by atoms with E-state index in [9.17, 15) is 24.8 Å². The zero-order valence-corrected chi connectivity index (χ0v) is 19.0. The van der Waals surface area contributed by atoms with Crippen LogP contribution in [0.2, 0.25) is 0 Å².